The van der Waals surface area contributed by atoms with Crippen LogP contribution < -0.4 is 10.3 Å². The van der Waals surface area contributed by atoms with Crippen LogP contribution in [0.5, 0.6) is 0 Å². The van der Waals surface area contributed by atoms with E-state index in [9.17, 15) is 14.9 Å². The van der Waals surface area contributed by atoms with Gasteiger partial charge in [0.05, 0.1) is 24.4 Å². The zero-order chi connectivity index (χ0) is 19.2. The van der Waals surface area contributed by atoms with Gasteiger partial charge in [-0.15, -0.1) is 0 Å². The SMILES string of the molecule is O=C(N/N=C/c1ccc(N2CCOCC2)c([N+](=O)[O-])c1)c1cccc(Br)c1. The molecule has 8 nitrogen and oxygen atoms in total. The van der Waals surface area contributed by atoms with Gasteiger partial charge >= 0.3 is 0 Å². The molecule has 0 spiro atoms. The molecule has 1 saturated heterocycles. The van der Waals surface area contributed by atoms with E-state index in [2.05, 4.69) is 26.5 Å². The Kier molecular flexibility index (Phi) is 6.15. The number of benzene rings is 2. The Morgan fingerprint density at radius 2 is 2.04 bits per heavy atom. The summed E-state index contributed by atoms with van der Waals surface area (Å²) in [5.74, 6) is -0.369. The van der Waals surface area contributed by atoms with Gasteiger partial charge in [0, 0.05) is 34.8 Å². The molecule has 0 atom stereocenters. The predicted molar refractivity (Wildman–Crippen MR) is 105 cm³/mol. The van der Waals surface area contributed by atoms with E-state index in [4.69, 9.17) is 4.74 Å². The van der Waals surface area contributed by atoms with Crippen molar-refractivity contribution in [3.05, 3.63) is 68.2 Å². The first-order chi connectivity index (χ1) is 13.0. The van der Waals surface area contributed by atoms with Gasteiger partial charge in [-0.05, 0) is 24.3 Å². The summed E-state index contributed by atoms with van der Waals surface area (Å²) in [6.07, 6.45) is 1.38. The number of halogens is 1. The molecule has 9 heteroatoms. The van der Waals surface area contributed by atoms with Gasteiger partial charge in [-0.3, -0.25) is 14.9 Å². The van der Waals surface area contributed by atoms with Gasteiger partial charge in [-0.1, -0.05) is 28.1 Å². The predicted octanol–water partition coefficient (Wildman–Crippen LogP) is 2.96. The summed E-state index contributed by atoms with van der Waals surface area (Å²) < 4.78 is 6.07. The van der Waals surface area contributed by atoms with Crippen LogP contribution in [0.4, 0.5) is 11.4 Å². The van der Waals surface area contributed by atoms with Crippen LogP contribution in [0.3, 0.4) is 0 Å². The Bertz CT molecular complexity index is 881. The fourth-order valence-corrected chi connectivity index (χ4v) is 3.10. The summed E-state index contributed by atoms with van der Waals surface area (Å²) in [5, 5.41) is 15.3. The first kappa shape index (κ1) is 19.0. The van der Waals surface area contributed by atoms with Gasteiger partial charge in [0.25, 0.3) is 11.6 Å². The molecule has 1 fully saturated rings. The van der Waals surface area contributed by atoms with Crippen LogP contribution in [0.2, 0.25) is 0 Å². The Labute approximate surface area is 164 Å². The first-order valence-corrected chi connectivity index (χ1v) is 9.04. The van der Waals surface area contributed by atoms with E-state index < -0.39 is 4.92 Å². The molecule has 1 aliphatic rings. The lowest BCUT2D eigenvalue weighted by Crippen LogP contribution is -2.36. The van der Waals surface area contributed by atoms with E-state index >= 15 is 0 Å². The van der Waals surface area contributed by atoms with Crippen molar-refractivity contribution in [2.75, 3.05) is 31.2 Å². The molecule has 140 valence electrons. The summed E-state index contributed by atoms with van der Waals surface area (Å²) in [6, 6.07) is 11.8. The largest absolute Gasteiger partial charge is 0.378 e. The number of carbonyl (C=O) groups excluding carboxylic acids is 1. The van der Waals surface area contributed by atoms with E-state index in [-0.39, 0.29) is 11.6 Å². The van der Waals surface area contributed by atoms with Crippen LogP contribution in [0, 0.1) is 10.1 Å². The molecule has 3 rings (SSSR count). The highest BCUT2D eigenvalue weighted by atomic mass is 79.9. The number of anilines is 1. The third-order valence-electron chi connectivity index (χ3n) is 4.01. The number of morpholine rings is 1. The molecule has 0 bridgehead atoms. The fraction of sp³-hybridized carbons (Fsp3) is 0.222. The highest BCUT2D eigenvalue weighted by molar-refractivity contribution is 9.10. The molecule has 0 saturated carbocycles. The van der Waals surface area contributed by atoms with Crippen LogP contribution >= 0.6 is 15.9 Å². The molecular weight excluding hydrogens is 416 g/mol. The van der Waals surface area contributed by atoms with Crippen molar-refractivity contribution in [2.45, 2.75) is 0 Å². The van der Waals surface area contributed by atoms with Crippen LogP contribution in [0.15, 0.2) is 52.0 Å². The average molecular weight is 433 g/mol. The Morgan fingerprint density at radius 3 is 2.74 bits per heavy atom. The Hall–Kier alpha value is -2.78. The quantitative estimate of drug-likeness (QED) is 0.444. The Morgan fingerprint density at radius 1 is 1.26 bits per heavy atom. The van der Waals surface area contributed by atoms with Crippen LogP contribution in [-0.4, -0.2) is 43.3 Å². The van der Waals surface area contributed by atoms with E-state index in [1.54, 1.807) is 30.3 Å². The second kappa shape index (κ2) is 8.74. The molecule has 27 heavy (non-hydrogen) atoms. The summed E-state index contributed by atoms with van der Waals surface area (Å²) in [7, 11) is 0. The summed E-state index contributed by atoms with van der Waals surface area (Å²) >= 11 is 3.30. The molecule has 0 aliphatic carbocycles. The van der Waals surface area contributed by atoms with Gasteiger partial charge in [0.2, 0.25) is 0 Å². The number of amides is 1. The topological polar surface area (TPSA) is 97.1 Å². The lowest BCUT2D eigenvalue weighted by molar-refractivity contribution is -0.384. The maximum Gasteiger partial charge on any atom is 0.293 e. The molecule has 0 aromatic heterocycles. The molecule has 1 N–H and O–H groups in total. The monoisotopic (exact) mass is 432 g/mol. The van der Waals surface area contributed by atoms with Gasteiger partial charge in [-0.2, -0.15) is 5.10 Å². The second-order valence-corrected chi connectivity index (χ2v) is 6.73. The number of nitro groups is 1. The lowest BCUT2D eigenvalue weighted by atomic mass is 10.1. The zero-order valence-corrected chi connectivity index (χ0v) is 15.9. The highest BCUT2D eigenvalue weighted by Crippen LogP contribution is 2.29. The fourth-order valence-electron chi connectivity index (χ4n) is 2.70. The van der Waals surface area contributed by atoms with E-state index in [0.717, 1.165) is 4.47 Å². The van der Waals surface area contributed by atoms with Crippen LogP contribution in [0.1, 0.15) is 15.9 Å². The number of nitro benzene ring substituents is 1. The van der Waals surface area contributed by atoms with E-state index in [1.165, 1.54) is 12.3 Å². The summed E-state index contributed by atoms with van der Waals surface area (Å²) in [4.78, 5) is 25.0. The second-order valence-electron chi connectivity index (χ2n) is 5.81. The Balaban J connectivity index is 1.73. The zero-order valence-electron chi connectivity index (χ0n) is 14.3. The first-order valence-electron chi connectivity index (χ1n) is 8.25. The van der Waals surface area contributed by atoms with Gasteiger partial charge in [0.15, 0.2) is 0 Å². The number of hydrazone groups is 1. The highest BCUT2D eigenvalue weighted by Gasteiger charge is 2.21. The number of nitrogens with one attached hydrogen (secondary N) is 1. The molecule has 0 radical (unpaired) electrons. The molecule has 1 aliphatic heterocycles. The number of hydrogen-bond donors (Lipinski definition) is 1. The maximum absolute atomic E-state index is 12.1. The third-order valence-corrected chi connectivity index (χ3v) is 4.51. The van der Waals surface area contributed by atoms with Crippen molar-refractivity contribution >= 4 is 39.4 Å². The van der Waals surface area contributed by atoms with E-state index in [0.29, 0.717) is 43.1 Å². The smallest absolute Gasteiger partial charge is 0.293 e. The van der Waals surface area contributed by atoms with Crippen LogP contribution in [-0.2, 0) is 4.74 Å². The van der Waals surface area contributed by atoms with Gasteiger partial charge < -0.3 is 9.64 Å². The minimum atomic E-state index is -0.414. The van der Waals surface area contributed by atoms with Crippen molar-refractivity contribution in [2.24, 2.45) is 5.10 Å². The number of rotatable bonds is 5. The van der Waals surface area contributed by atoms with Crippen molar-refractivity contribution in [1.82, 2.24) is 5.43 Å². The van der Waals surface area contributed by atoms with Gasteiger partial charge in [0.1, 0.15) is 5.69 Å². The molecule has 1 amide bonds. The normalized spacial score (nSPS) is 14.3. The molecule has 2 aromatic carbocycles. The van der Waals surface area contributed by atoms with E-state index in [1.807, 2.05) is 11.0 Å². The molecule has 1 heterocycles. The van der Waals surface area contributed by atoms with Crippen molar-refractivity contribution in [3.63, 3.8) is 0 Å². The number of ether oxygens (including phenoxy) is 1. The number of hydrogen-bond acceptors (Lipinski definition) is 6. The lowest BCUT2D eigenvalue weighted by Gasteiger charge is -2.28. The maximum atomic E-state index is 12.1. The average Bonchev–Trinajstić information content (AvgIpc) is 2.68. The van der Waals surface area contributed by atoms with Crippen molar-refractivity contribution in [1.29, 1.82) is 0 Å². The summed E-state index contributed by atoms with van der Waals surface area (Å²) in [6.45, 7) is 2.30. The molecule has 0 unspecified atom stereocenters. The standard InChI is InChI=1S/C18H17BrN4O4/c19-15-3-1-2-14(11-15)18(24)21-20-12-13-4-5-16(17(10-13)23(25)26)22-6-8-27-9-7-22/h1-5,10-12H,6-9H2,(H,21,24)/b20-12+. The van der Waals surface area contributed by atoms with Crippen LogP contribution in [0.25, 0.3) is 0 Å². The minimum absolute atomic E-state index is 0.000772. The van der Waals surface area contributed by atoms with Crippen molar-refractivity contribution < 1.29 is 14.5 Å². The number of nitrogens with zero attached hydrogens (tertiary/aromatic N) is 3. The van der Waals surface area contributed by atoms with Gasteiger partial charge in [-0.25, -0.2) is 5.43 Å². The summed E-state index contributed by atoms with van der Waals surface area (Å²) in [5.41, 5.74) is 3.94. The van der Waals surface area contributed by atoms with Crippen molar-refractivity contribution in [3.8, 4) is 0 Å². The number of carbonyl (C=O) groups is 1. The minimum Gasteiger partial charge on any atom is -0.378 e. The third kappa shape index (κ3) is 4.89. The molecular formula is C18H17BrN4O4. The molecule has 2 aromatic rings.